The number of aliphatic hydroxyl groups excluding tert-OH is 1. The molecule has 2 aromatic carbocycles. The minimum absolute atomic E-state index is 0.117. The monoisotopic (exact) mass is 405 g/mol. The zero-order valence-electron chi connectivity index (χ0n) is 14.9. The molecule has 0 saturated carbocycles. The topological polar surface area (TPSA) is 100 Å². The number of benzene rings is 2. The Balaban J connectivity index is 2.21. The normalized spacial score (nSPS) is 12.4. The molecule has 7 nitrogen and oxygen atoms in total. The van der Waals surface area contributed by atoms with Crippen molar-refractivity contribution in [1.82, 2.24) is 14.1 Å². The quantitative estimate of drug-likeness (QED) is 0.445. The first-order chi connectivity index (χ1) is 13.6. The molecule has 0 spiro atoms. The number of fused-ring (bicyclic) bond motifs is 2. The summed E-state index contributed by atoms with van der Waals surface area (Å²) in [5.74, 6) is 0. The van der Waals surface area contributed by atoms with Gasteiger partial charge in [0.15, 0.2) is 6.29 Å². The third-order valence-electron chi connectivity index (χ3n) is 4.82. The predicted molar refractivity (Wildman–Crippen MR) is 98.8 cm³/mol. The number of aliphatic hydroxyl groups is 2. The number of hydrogen-bond acceptors (Lipinski definition) is 4. The first kappa shape index (κ1) is 19.0. The first-order valence-electron chi connectivity index (χ1n) is 8.41. The minimum atomic E-state index is -4.67. The van der Waals surface area contributed by atoms with Crippen LogP contribution in [0.4, 0.5) is 13.2 Å². The molecule has 0 aliphatic carbocycles. The van der Waals surface area contributed by atoms with E-state index in [-0.39, 0.29) is 33.2 Å². The van der Waals surface area contributed by atoms with Crippen LogP contribution in [-0.4, -0.2) is 24.3 Å². The Morgan fingerprint density at radius 2 is 1.72 bits per heavy atom. The van der Waals surface area contributed by atoms with E-state index in [0.717, 1.165) is 18.2 Å². The van der Waals surface area contributed by atoms with Gasteiger partial charge in [-0.15, -0.1) is 0 Å². The van der Waals surface area contributed by atoms with Gasteiger partial charge in [-0.1, -0.05) is 12.1 Å². The molecule has 2 heterocycles. The summed E-state index contributed by atoms with van der Waals surface area (Å²) in [4.78, 5) is 28.2. The number of para-hydroxylation sites is 1. The molecular formula is C19H14F3N3O4. The highest BCUT2D eigenvalue weighted by atomic mass is 19.4. The average Bonchev–Trinajstić information content (AvgIpc) is 2.93. The average molecular weight is 405 g/mol. The van der Waals surface area contributed by atoms with E-state index in [1.165, 1.54) is 23.7 Å². The van der Waals surface area contributed by atoms with Crippen LogP contribution >= 0.6 is 0 Å². The van der Waals surface area contributed by atoms with E-state index < -0.39 is 29.3 Å². The molecule has 0 amide bonds. The third-order valence-corrected chi connectivity index (χ3v) is 4.82. The number of halogens is 3. The largest absolute Gasteiger partial charge is 0.416 e. The van der Waals surface area contributed by atoms with Gasteiger partial charge in [-0.3, -0.25) is 4.79 Å². The zero-order chi connectivity index (χ0) is 21.1. The van der Waals surface area contributed by atoms with Gasteiger partial charge in [-0.2, -0.15) is 13.2 Å². The molecule has 0 radical (unpaired) electrons. The highest BCUT2D eigenvalue weighted by Crippen LogP contribution is 2.36. The minimum Gasteiger partial charge on any atom is -0.363 e. The molecule has 2 aromatic heterocycles. The number of nitrogens with one attached hydrogen (secondary N) is 1. The van der Waals surface area contributed by atoms with Gasteiger partial charge in [0.1, 0.15) is 0 Å². The van der Waals surface area contributed by atoms with E-state index in [9.17, 15) is 33.0 Å². The van der Waals surface area contributed by atoms with Crippen molar-refractivity contribution in [3.8, 4) is 5.69 Å². The second kappa shape index (κ2) is 6.33. The standard InChI is InChI=1S/C19H14F3N3O4/c1-24-13-7-6-9(19(20,21)22)8-11(13)14(15(24)17(27)28)25-16(26)10-4-2-3-5-12(10)23-18(25)29/h2-8,17,27-28H,1H3,(H,23,29). The maximum Gasteiger partial charge on any atom is 0.416 e. The molecule has 4 rings (SSSR count). The van der Waals surface area contributed by atoms with Crippen LogP contribution in [0.5, 0.6) is 0 Å². The van der Waals surface area contributed by atoms with Gasteiger partial charge in [0.25, 0.3) is 5.56 Å². The fraction of sp³-hybridized carbons (Fsp3) is 0.158. The summed E-state index contributed by atoms with van der Waals surface area (Å²) in [6.07, 6.45) is -6.81. The lowest BCUT2D eigenvalue weighted by molar-refractivity contribution is -0.137. The molecule has 0 bridgehead atoms. The molecule has 0 unspecified atom stereocenters. The number of H-pyrrole nitrogens is 1. The van der Waals surface area contributed by atoms with Crippen molar-refractivity contribution in [2.45, 2.75) is 12.5 Å². The predicted octanol–water partition coefficient (Wildman–Crippen LogP) is 2.17. The molecule has 0 saturated heterocycles. The van der Waals surface area contributed by atoms with Crippen molar-refractivity contribution in [1.29, 1.82) is 0 Å². The second-order valence-electron chi connectivity index (χ2n) is 6.51. The summed E-state index contributed by atoms with van der Waals surface area (Å²) in [6.45, 7) is 0. The first-order valence-corrected chi connectivity index (χ1v) is 8.41. The molecule has 0 aliphatic heterocycles. The van der Waals surface area contributed by atoms with Crippen molar-refractivity contribution >= 4 is 21.8 Å². The van der Waals surface area contributed by atoms with Gasteiger partial charge in [0, 0.05) is 12.4 Å². The number of nitrogens with zero attached hydrogens (tertiary/aromatic N) is 2. The highest BCUT2D eigenvalue weighted by Gasteiger charge is 2.32. The Morgan fingerprint density at radius 1 is 1.03 bits per heavy atom. The van der Waals surface area contributed by atoms with Crippen LogP contribution in [0.2, 0.25) is 0 Å². The number of hydrogen-bond donors (Lipinski definition) is 3. The Morgan fingerprint density at radius 3 is 2.38 bits per heavy atom. The number of aromatic nitrogens is 3. The molecule has 4 aromatic rings. The lowest BCUT2D eigenvalue weighted by Crippen LogP contribution is -2.34. The maximum absolute atomic E-state index is 13.2. The van der Waals surface area contributed by atoms with Crippen molar-refractivity contribution in [2.24, 2.45) is 7.05 Å². The molecule has 10 heteroatoms. The molecule has 3 N–H and O–H groups in total. The van der Waals surface area contributed by atoms with E-state index >= 15 is 0 Å². The smallest absolute Gasteiger partial charge is 0.363 e. The Bertz CT molecular complexity index is 1380. The van der Waals surface area contributed by atoms with E-state index in [0.29, 0.717) is 4.57 Å². The Hall–Kier alpha value is -3.37. The molecule has 0 aliphatic rings. The van der Waals surface area contributed by atoms with E-state index in [4.69, 9.17) is 0 Å². The summed E-state index contributed by atoms with van der Waals surface area (Å²) in [5.41, 5.74) is -2.88. The molecule has 29 heavy (non-hydrogen) atoms. The van der Waals surface area contributed by atoms with E-state index in [1.54, 1.807) is 12.1 Å². The summed E-state index contributed by atoms with van der Waals surface area (Å²) in [7, 11) is 1.40. The number of rotatable bonds is 2. The van der Waals surface area contributed by atoms with E-state index in [1.807, 2.05) is 0 Å². The highest BCUT2D eigenvalue weighted by molar-refractivity contribution is 5.92. The second-order valence-corrected chi connectivity index (χ2v) is 6.51. The van der Waals surface area contributed by atoms with Gasteiger partial charge in [0.05, 0.1) is 33.4 Å². The van der Waals surface area contributed by atoms with Crippen LogP contribution < -0.4 is 11.2 Å². The van der Waals surface area contributed by atoms with E-state index in [2.05, 4.69) is 4.98 Å². The van der Waals surface area contributed by atoms with Gasteiger partial charge in [-0.25, -0.2) is 9.36 Å². The molecular weight excluding hydrogens is 391 g/mol. The maximum atomic E-state index is 13.2. The fourth-order valence-electron chi connectivity index (χ4n) is 3.52. The van der Waals surface area contributed by atoms with Crippen molar-refractivity contribution in [3.05, 3.63) is 74.6 Å². The summed E-state index contributed by atoms with van der Waals surface area (Å²) < 4.78 is 41.6. The Labute approximate surface area is 159 Å². The SMILES string of the molecule is Cn1c(C(O)O)c(-n2c(=O)[nH]c3ccccc3c2=O)c2cc(C(F)(F)F)ccc21. The van der Waals surface area contributed by atoms with Crippen LogP contribution in [0.1, 0.15) is 17.5 Å². The zero-order valence-corrected chi connectivity index (χ0v) is 14.9. The summed E-state index contributed by atoms with van der Waals surface area (Å²) >= 11 is 0. The van der Waals surface area contributed by atoms with Crippen LogP contribution in [0.15, 0.2) is 52.1 Å². The summed E-state index contributed by atoms with van der Waals surface area (Å²) in [6, 6.07) is 8.90. The lowest BCUT2D eigenvalue weighted by atomic mass is 10.1. The molecule has 0 atom stereocenters. The third kappa shape index (κ3) is 2.84. The van der Waals surface area contributed by atoms with Gasteiger partial charge >= 0.3 is 11.9 Å². The Kier molecular flexibility index (Phi) is 4.14. The number of aryl methyl sites for hydroxylation is 1. The number of aromatic amines is 1. The van der Waals surface area contributed by atoms with Crippen molar-refractivity contribution in [2.75, 3.05) is 0 Å². The molecule has 0 fully saturated rings. The van der Waals surface area contributed by atoms with Crippen LogP contribution in [0.3, 0.4) is 0 Å². The lowest BCUT2D eigenvalue weighted by Gasteiger charge is -2.12. The van der Waals surface area contributed by atoms with Gasteiger partial charge in [-0.05, 0) is 30.3 Å². The van der Waals surface area contributed by atoms with Gasteiger partial charge in [0.2, 0.25) is 0 Å². The fourth-order valence-corrected chi connectivity index (χ4v) is 3.52. The number of alkyl halides is 3. The summed E-state index contributed by atoms with van der Waals surface area (Å²) in [5, 5.41) is 19.7. The van der Waals surface area contributed by atoms with Gasteiger partial charge < -0.3 is 19.8 Å². The van der Waals surface area contributed by atoms with Crippen LogP contribution in [-0.2, 0) is 13.2 Å². The van der Waals surface area contributed by atoms with Crippen LogP contribution in [0, 0.1) is 0 Å². The molecule has 150 valence electrons. The van der Waals surface area contributed by atoms with Crippen molar-refractivity contribution in [3.63, 3.8) is 0 Å². The van der Waals surface area contributed by atoms with Crippen LogP contribution in [0.25, 0.3) is 27.5 Å². The van der Waals surface area contributed by atoms with Crippen molar-refractivity contribution < 1.29 is 23.4 Å².